The van der Waals surface area contributed by atoms with Crippen molar-refractivity contribution in [1.82, 2.24) is 0 Å². The van der Waals surface area contributed by atoms with Crippen LogP contribution in [-0.2, 0) is 57.0 Å². The van der Waals surface area contributed by atoms with Gasteiger partial charge in [0.15, 0.2) is 0 Å². The van der Waals surface area contributed by atoms with Crippen LogP contribution in [0.15, 0.2) is 0 Å². The van der Waals surface area contributed by atoms with Gasteiger partial charge in [0.05, 0.1) is 106 Å². The molecule has 0 radical (unpaired) electrons. The molecule has 0 saturated carbocycles. The van der Waals surface area contributed by atoms with Crippen LogP contribution in [0.3, 0.4) is 0 Å². The number of carbonyl (C=O) groups is 2. The van der Waals surface area contributed by atoms with Crippen LogP contribution < -0.4 is 0 Å². The number of rotatable bonds is 43. The quantitative estimate of drug-likeness (QED) is 0.0505. The number of hydrogen-bond acceptors (Lipinski definition) is 12. The van der Waals surface area contributed by atoms with Crippen molar-refractivity contribution in [2.24, 2.45) is 0 Å². The van der Waals surface area contributed by atoms with Crippen molar-refractivity contribution in [3.05, 3.63) is 0 Å². The van der Waals surface area contributed by atoms with E-state index in [-0.39, 0.29) is 25.2 Å². The summed E-state index contributed by atoms with van der Waals surface area (Å²) < 4.78 is 53.5. The molecule has 0 aliphatic heterocycles. The molecule has 0 aliphatic carbocycles. The molecule has 0 rings (SSSR count). The lowest BCUT2D eigenvalue weighted by atomic mass is 10.0. The minimum Gasteiger partial charge on any atom is -0.463 e. The Kier molecular flexibility index (Phi) is 42.6. The summed E-state index contributed by atoms with van der Waals surface area (Å²) >= 11 is 0. The molecule has 0 fully saturated rings. The predicted octanol–water partition coefficient (Wildman–Crippen LogP) is 6.49. The molecular formula is C38H74O12. The maximum atomic E-state index is 11.9. The highest BCUT2D eigenvalue weighted by Crippen LogP contribution is 2.13. The molecule has 12 heteroatoms. The van der Waals surface area contributed by atoms with Gasteiger partial charge in [0.1, 0.15) is 13.2 Å². The second kappa shape index (κ2) is 43.8. The van der Waals surface area contributed by atoms with Crippen molar-refractivity contribution in [3.8, 4) is 0 Å². The summed E-state index contributed by atoms with van der Waals surface area (Å²) in [5.74, 6) is -0.444. The molecule has 0 saturated heterocycles. The molecule has 298 valence electrons. The lowest BCUT2D eigenvalue weighted by Crippen LogP contribution is -2.15. The van der Waals surface area contributed by atoms with Gasteiger partial charge in [-0.25, -0.2) is 0 Å². The van der Waals surface area contributed by atoms with Crippen LogP contribution in [0.2, 0.25) is 0 Å². The first-order valence-electron chi connectivity index (χ1n) is 19.6. The molecule has 0 unspecified atom stereocenters. The van der Waals surface area contributed by atoms with Crippen LogP contribution in [0.5, 0.6) is 0 Å². The standard InChI is InChI=1S/C38H74O12/c1-3-4-5-6-7-8-9-10-11-12-13-14-15-16-17-18-38(40)50-36-34-48-32-30-46-28-26-44-24-22-42-20-19-41-21-23-43-25-27-45-29-31-47-33-35-49-37(2)39/h3-36H2,1-2H3. The summed E-state index contributed by atoms with van der Waals surface area (Å²) in [5.41, 5.74) is 0. The van der Waals surface area contributed by atoms with E-state index in [1.54, 1.807) is 0 Å². The smallest absolute Gasteiger partial charge is 0.305 e. The first-order chi connectivity index (χ1) is 24.7. The third-order valence-corrected chi connectivity index (χ3v) is 7.61. The number of unbranched alkanes of at least 4 members (excludes halogenated alkanes) is 14. The largest absolute Gasteiger partial charge is 0.463 e. The maximum Gasteiger partial charge on any atom is 0.305 e. The zero-order valence-electron chi connectivity index (χ0n) is 31.9. The van der Waals surface area contributed by atoms with Crippen molar-refractivity contribution in [2.75, 3.05) is 119 Å². The van der Waals surface area contributed by atoms with Crippen molar-refractivity contribution in [1.29, 1.82) is 0 Å². The van der Waals surface area contributed by atoms with Gasteiger partial charge in [-0.1, -0.05) is 96.8 Å². The lowest BCUT2D eigenvalue weighted by Gasteiger charge is -2.09. The van der Waals surface area contributed by atoms with E-state index in [1.165, 1.54) is 90.4 Å². The van der Waals surface area contributed by atoms with Gasteiger partial charge in [-0.3, -0.25) is 9.59 Å². The highest BCUT2D eigenvalue weighted by Gasteiger charge is 2.03. The Balaban J connectivity index is 3.14. The number of esters is 2. The molecular weight excluding hydrogens is 648 g/mol. The van der Waals surface area contributed by atoms with E-state index in [0.29, 0.717) is 112 Å². The van der Waals surface area contributed by atoms with E-state index in [1.807, 2.05) is 0 Å². The van der Waals surface area contributed by atoms with Crippen LogP contribution in [0, 0.1) is 0 Å². The van der Waals surface area contributed by atoms with Crippen LogP contribution in [0.4, 0.5) is 0 Å². The average Bonchev–Trinajstić information content (AvgIpc) is 3.11. The molecule has 0 aromatic rings. The fourth-order valence-electron chi connectivity index (χ4n) is 4.81. The van der Waals surface area contributed by atoms with Crippen LogP contribution in [-0.4, -0.2) is 131 Å². The normalized spacial score (nSPS) is 11.3. The van der Waals surface area contributed by atoms with E-state index in [4.69, 9.17) is 47.4 Å². The fraction of sp³-hybridized carbons (Fsp3) is 0.947. The molecule has 0 spiro atoms. The molecule has 50 heavy (non-hydrogen) atoms. The highest BCUT2D eigenvalue weighted by atomic mass is 16.6. The molecule has 0 atom stereocenters. The second-order valence-corrected chi connectivity index (χ2v) is 12.2. The monoisotopic (exact) mass is 723 g/mol. The first kappa shape index (κ1) is 48.6. The molecule has 0 N–H and O–H groups in total. The molecule has 0 aromatic carbocycles. The minimum absolute atomic E-state index is 0.133. The third-order valence-electron chi connectivity index (χ3n) is 7.61. The Morgan fingerprint density at radius 1 is 0.320 bits per heavy atom. The first-order valence-corrected chi connectivity index (χ1v) is 19.6. The van der Waals surface area contributed by atoms with E-state index >= 15 is 0 Å². The van der Waals surface area contributed by atoms with Crippen LogP contribution in [0.1, 0.15) is 117 Å². The summed E-state index contributed by atoms with van der Waals surface area (Å²) in [6, 6.07) is 0. The van der Waals surface area contributed by atoms with Gasteiger partial charge in [-0.15, -0.1) is 0 Å². The number of ether oxygens (including phenoxy) is 10. The van der Waals surface area contributed by atoms with E-state index in [9.17, 15) is 9.59 Å². The van der Waals surface area contributed by atoms with Crippen molar-refractivity contribution < 1.29 is 57.0 Å². The summed E-state index contributed by atoms with van der Waals surface area (Å²) in [6.45, 7) is 11.6. The minimum atomic E-state index is -0.311. The highest BCUT2D eigenvalue weighted by molar-refractivity contribution is 5.69. The van der Waals surface area contributed by atoms with E-state index < -0.39 is 0 Å². The Bertz CT molecular complexity index is 682. The Labute approximate surface area is 304 Å². The van der Waals surface area contributed by atoms with E-state index in [0.717, 1.165) is 12.8 Å². The third kappa shape index (κ3) is 44.6. The van der Waals surface area contributed by atoms with Gasteiger partial charge >= 0.3 is 11.9 Å². The Morgan fingerprint density at radius 2 is 0.560 bits per heavy atom. The van der Waals surface area contributed by atoms with Gasteiger partial charge < -0.3 is 47.4 Å². The summed E-state index contributed by atoms with van der Waals surface area (Å²) in [5, 5.41) is 0. The molecule has 0 aliphatic rings. The molecule has 0 amide bonds. The van der Waals surface area contributed by atoms with Gasteiger partial charge in [-0.05, 0) is 6.42 Å². The summed E-state index contributed by atoms with van der Waals surface area (Å²) in [6.07, 6.45) is 20.2. The Hall–Kier alpha value is -1.38. The van der Waals surface area contributed by atoms with Crippen molar-refractivity contribution in [2.45, 2.75) is 117 Å². The van der Waals surface area contributed by atoms with Crippen molar-refractivity contribution in [3.63, 3.8) is 0 Å². The van der Waals surface area contributed by atoms with Crippen LogP contribution in [0.25, 0.3) is 0 Å². The Morgan fingerprint density at radius 3 is 0.840 bits per heavy atom. The molecule has 12 nitrogen and oxygen atoms in total. The number of hydrogen-bond donors (Lipinski definition) is 0. The summed E-state index contributed by atoms with van der Waals surface area (Å²) in [4.78, 5) is 22.5. The van der Waals surface area contributed by atoms with Gasteiger partial charge in [-0.2, -0.15) is 0 Å². The SMILES string of the molecule is CCCCCCCCCCCCCCCCCC(=O)OCCOCCOCCOCCOCCOCCOCCOCCOCCOC(C)=O. The van der Waals surface area contributed by atoms with Gasteiger partial charge in [0.25, 0.3) is 0 Å². The predicted molar refractivity (Wildman–Crippen MR) is 194 cm³/mol. The van der Waals surface area contributed by atoms with Crippen molar-refractivity contribution >= 4 is 11.9 Å². The van der Waals surface area contributed by atoms with Gasteiger partial charge in [0.2, 0.25) is 0 Å². The average molecular weight is 723 g/mol. The van der Waals surface area contributed by atoms with E-state index in [2.05, 4.69) is 6.92 Å². The zero-order chi connectivity index (χ0) is 36.3. The molecule has 0 aromatic heterocycles. The van der Waals surface area contributed by atoms with Gasteiger partial charge in [0, 0.05) is 13.3 Å². The maximum absolute atomic E-state index is 11.9. The lowest BCUT2D eigenvalue weighted by molar-refractivity contribution is -0.145. The second-order valence-electron chi connectivity index (χ2n) is 12.2. The van der Waals surface area contributed by atoms with Crippen LogP contribution >= 0.6 is 0 Å². The molecule has 0 bridgehead atoms. The molecule has 0 heterocycles. The number of carbonyl (C=O) groups excluding carboxylic acids is 2. The summed E-state index contributed by atoms with van der Waals surface area (Å²) in [7, 11) is 0. The topological polar surface area (TPSA) is 126 Å². The fourth-order valence-corrected chi connectivity index (χ4v) is 4.81. The zero-order valence-corrected chi connectivity index (χ0v) is 31.9.